The molecule has 0 fully saturated rings. The standard InChI is InChI=1S/C17H17N3O7/c1-19-17(25)13(16(24)18-7-12(21)22)15(23)10-5-8-4-9(26-2)6-11(27-3)14(8)20(10)19/h4-6,23H,7H2,1-3H3,(H,18,24)(H,21,22). The summed E-state index contributed by atoms with van der Waals surface area (Å²) in [5.74, 6) is -1.89. The van der Waals surface area contributed by atoms with Gasteiger partial charge in [-0.15, -0.1) is 0 Å². The predicted molar refractivity (Wildman–Crippen MR) is 94.9 cm³/mol. The Kier molecular flexibility index (Phi) is 4.40. The smallest absolute Gasteiger partial charge is 0.322 e. The number of ether oxygens (including phenoxy) is 2. The molecule has 0 aliphatic rings. The van der Waals surface area contributed by atoms with Gasteiger partial charge in [-0.25, -0.2) is 9.20 Å². The van der Waals surface area contributed by atoms with Crippen molar-refractivity contribution < 1.29 is 29.3 Å². The monoisotopic (exact) mass is 375 g/mol. The number of aromatic nitrogens is 2. The van der Waals surface area contributed by atoms with E-state index in [2.05, 4.69) is 5.32 Å². The van der Waals surface area contributed by atoms with Crippen LogP contribution in [0.4, 0.5) is 0 Å². The molecule has 0 spiro atoms. The van der Waals surface area contributed by atoms with E-state index in [0.717, 1.165) is 4.68 Å². The van der Waals surface area contributed by atoms with Gasteiger partial charge in [0.05, 0.1) is 14.2 Å². The lowest BCUT2D eigenvalue weighted by atomic mass is 10.2. The zero-order chi connectivity index (χ0) is 19.9. The third-order valence-corrected chi connectivity index (χ3v) is 4.18. The minimum absolute atomic E-state index is 0.180. The first-order chi connectivity index (χ1) is 12.8. The Morgan fingerprint density at radius 1 is 1.19 bits per heavy atom. The molecule has 0 unspecified atom stereocenters. The topological polar surface area (TPSA) is 132 Å². The molecule has 10 nitrogen and oxygen atoms in total. The van der Waals surface area contributed by atoms with E-state index in [1.807, 2.05) is 0 Å². The fraction of sp³-hybridized carbons (Fsp3) is 0.235. The van der Waals surface area contributed by atoms with Crippen molar-refractivity contribution in [2.24, 2.45) is 7.05 Å². The number of aliphatic carboxylic acids is 1. The van der Waals surface area contributed by atoms with Crippen LogP contribution in [0, 0.1) is 0 Å². The average Bonchev–Trinajstić information content (AvgIpc) is 3.03. The summed E-state index contributed by atoms with van der Waals surface area (Å²) < 4.78 is 13.1. The second-order valence-corrected chi connectivity index (χ2v) is 5.74. The van der Waals surface area contributed by atoms with Gasteiger partial charge in [0.2, 0.25) is 0 Å². The van der Waals surface area contributed by atoms with E-state index < -0.39 is 35.3 Å². The second-order valence-electron chi connectivity index (χ2n) is 5.74. The molecule has 0 radical (unpaired) electrons. The number of carbonyl (C=O) groups excluding carboxylic acids is 1. The molecule has 0 saturated carbocycles. The Hall–Kier alpha value is -3.69. The molecule has 0 saturated heterocycles. The van der Waals surface area contributed by atoms with Crippen molar-refractivity contribution in [1.29, 1.82) is 0 Å². The lowest BCUT2D eigenvalue weighted by molar-refractivity contribution is -0.135. The van der Waals surface area contributed by atoms with Gasteiger partial charge in [-0.05, 0) is 12.1 Å². The molecule has 10 heteroatoms. The lowest BCUT2D eigenvalue weighted by Gasteiger charge is -2.13. The van der Waals surface area contributed by atoms with Crippen molar-refractivity contribution >= 4 is 28.3 Å². The molecule has 1 amide bonds. The molecule has 2 heterocycles. The number of benzene rings is 1. The van der Waals surface area contributed by atoms with Gasteiger partial charge in [-0.2, -0.15) is 0 Å². The molecular formula is C17H17N3O7. The summed E-state index contributed by atoms with van der Waals surface area (Å²) in [5.41, 5.74) is -0.655. The number of carboxylic acids is 1. The van der Waals surface area contributed by atoms with Crippen molar-refractivity contribution in [3.8, 4) is 17.2 Å². The SMILES string of the molecule is COc1cc(OC)c2c(c1)cc1c(O)c(C(=O)NCC(=O)O)c(=O)n(C)n12. The van der Waals surface area contributed by atoms with E-state index in [9.17, 15) is 19.5 Å². The zero-order valence-corrected chi connectivity index (χ0v) is 14.8. The first kappa shape index (κ1) is 18.1. The maximum absolute atomic E-state index is 12.7. The van der Waals surface area contributed by atoms with Crippen molar-refractivity contribution in [2.75, 3.05) is 20.8 Å². The van der Waals surface area contributed by atoms with Gasteiger partial charge in [-0.3, -0.25) is 14.4 Å². The molecular weight excluding hydrogens is 358 g/mol. The summed E-state index contributed by atoms with van der Waals surface area (Å²) >= 11 is 0. The fourth-order valence-electron chi connectivity index (χ4n) is 2.95. The number of fused-ring (bicyclic) bond motifs is 3. The quantitative estimate of drug-likeness (QED) is 0.585. The average molecular weight is 375 g/mol. The van der Waals surface area contributed by atoms with Crippen molar-refractivity contribution in [3.63, 3.8) is 0 Å². The van der Waals surface area contributed by atoms with E-state index in [-0.39, 0.29) is 5.52 Å². The van der Waals surface area contributed by atoms with Crippen LogP contribution in [0.3, 0.4) is 0 Å². The van der Waals surface area contributed by atoms with Gasteiger partial charge in [0.25, 0.3) is 11.5 Å². The molecule has 3 N–H and O–H groups in total. The Balaban J connectivity index is 2.35. The number of aromatic hydroxyl groups is 1. The van der Waals surface area contributed by atoms with Crippen LogP contribution in [-0.2, 0) is 11.8 Å². The molecule has 0 bridgehead atoms. The molecule has 0 atom stereocenters. The number of nitrogens with one attached hydrogen (secondary N) is 1. The first-order valence-corrected chi connectivity index (χ1v) is 7.79. The summed E-state index contributed by atoms with van der Waals surface area (Å²) in [5, 5.41) is 21.9. The van der Waals surface area contributed by atoms with E-state index in [4.69, 9.17) is 14.6 Å². The third kappa shape index (κ3) is 2.80. The number of rotatable bonds is 5. The molecule has 27 heavy (non-hydrogen) atoms. The van der Waals surface area contributed by atoms with Crippen LogP contribution in [-0.4, -0.2) is 52.1 Å². The Labute approximate surface area is 152 Å². The highest BCUT2D eigenvalue weighted by Gasteiger charge is 2.24. The van der Waals surface area contributed by atoms with Crippen LogP contribution >= 0.6 is 0 Å². The number of carboxylic acid groups (broad SMARTS) is 1. The zero-order valence-electron chi connectivity index (χ0n) is 14.8. The fourth-order valence-corrected chi connectivity index (χ4v) is 2.95. The van der Waals surface area contributed by atoms with Crippen LogP contribution < -0.4 is 20.3 Å². The largest absolute Gasteiger partial charge is 0.505 e. The minimum atomic E-state index is -1.27. The lowest BCUT2D eigenvalue weighted by Crippen LogP contribution is -2.36. The first-order valence-electron chi connectivity index (χ1n) is 7.79. The van der Waals surface area contributed by atoms with E-state index in [1.54, 1.807) is 18.2 Å². The highest BCUT2D eigenvalue weighted by atomic mass is 16.5. The molecule has 0 aliphatic heterocycles. The maximum Gasteiger partial charge on any atom is 0.322 e. The molecule has 1 aromatic carbocycles. The van der Waals surface area contributed by atoms with Crippen molar-refractivity contribution in [2.45, 2.75) is 0 Å². The number of aryl methyl sites for hydroxylation is 1. The van der Waals surface area contributed by atoms with Gasteiger partial charge < -0.3 is 25.0 Å². The van der Waals surface area contributed by atoms with Crippen LogP contribution in [0.25, 0.3) is 16.4 Å². The van der Waals surface area contributed by atoms with Crippen molar-refractivity contribution in [1.82, 2.24) is 14.5 Å². The Morgan fingerprint density at radius 3 is 2.48 bits per heavy atom. The van der Waals surface area contributed by atoms with Crippen LogP contribution in [0.5, 0.6) is 17.2 Å². The van der Waals surface area contributed by atoms with Gasteiger partial charge in [-0.1, -0.05) is 0 Å². The van der Waals surface area contributed by atoms with E-state index >= 15 is 0 Å². The molecule has 3 rings (SSSR count). The number of methoxy groups -OCH3 is 2. The number of carbonyl (C=O) groups is 2. The summed E-state index contributed by atoms with van der Waals surface area (Å²) in [6.45, 7) is -0.680. The van der Waals surface area contributed by atoms with E-state index in [1.165, 1.54) is 25.8 Å². The normalized spacial score (nSPS) is 10.9. The molecule has 3 aromatic rings. The Morgan fingerprint density at radius 2 is 1.89 bits per heavy atom. The summed E-state index contributed by atoms with van der Waals surface area (Å²) in [6.07, 6.45) is 0. The number of hydrogen-bond acceptors (Lipinski definition) is 6. The van der Waals surface area contributed by atoms with Gasteiger partial charge in [0.1, 0.15) is 34.6 Å². The van der Waals surface area contributed by atoms with Crippen LogP contribution in [0.2, 0.25) is 0 Å². The number of amides is 1. The highest BCUT2D eigenvalue weighted by Crippen LogP contribution is 2.36. The van der Waals surface area contributed by atoms with Gasteiger partial charge in [0.15, 0.2) is 5.75 Å². The molecule has 142 valence electrons. The summed E-state index contributed by atoms with van der Waals surface area (Å²) in [7, 11) is 4.37. The predicted octanol–water partition coefficient (Wildman–Crippen LogP) is 0.328. The van der Waals surface area contributed by atoms with Gasteiger partial charge in [0, 0.05) is 18.5 Å². The number of nitrogens with zero attached hydrogens (tertiary/aromatic N) is 2. The molecule has 0 aliphatic carbocycles. The Bertz CT molecular complexity index is 1140. The highest BCUT2D eigenvalue weighted by molar-refractivity contribution is 6.02. The third-order valence-electron chi connectivity index (χ3n) is 4.18. The summed E-state index contributed by atoms with van der Waals surface area (Å²) in [4.78, 5) is 35.5. The van der Waals surface area contributed by atoms with Gasteiger partial charge >= 0.3 is 5.97 Å². The minimum Gasteiger partial charge on any atom is -0.505 e. The summed E-state index contributed by atoms with van der Waals surface area (Å²) in [6, 6.07) is 4.89. The maximum atomic E-state index is 12.7. The van der Waals surface area contributed by atoms with Crippen LogP contribution in [0.1, 0.15) is 10.4 Å². The second kappa shape index (κ2) is 6.56. The van der Waals surface area contributed by atoms with Crippen LogP contribution in [0.15, 0.2) is 23.0 Å². The molecule has 2 aromatic heterocycles. The number of hydrogen-bond donors (Lipinski definition) is 3. The van der Waals surface area contributed by atoms with E-state index in [0.29, 0.717) is 22.4 Å². The van der Waals surface area contributed by atoms with Crippen molar-refractivity contribution in [3.05, 3.63) is 34.1 Å².